The molecule has 1 aliphatic heterocycles. The molecule has 0 aromatic heterocycles. The van der Waals surface area contributed by atoms with Crippen molar-refractivity contribution in [1.82, 2.24) is 15.1 Å². The first-order valence-corrected chi connectivity index (χ1v) is 6.88. The molecular weight excluding hydrogens is 246 g/mol. The van der Waals surface area contributed by atoms with Gasteiger partial charge in [0.25, 0.3) is 0 Å². The fourth-order valence-electron chi connectivity index (χ4n) is 2.06. The van der Waals surface area contributed by atoms with Crippen molar-refractivity contribution in [2.45, 2.75) is 32.7 Å². The molecule has 0 aromatic carbocycles. The second kappa shape index (κ2) is 7.99. The Hall–Kier alpha value is -1.30. The summed E-state index contributed by atoms with van der Waals surface area (Å²) in [4.78, 5) is 26.7. The van der Waals surface area contributed by atoms with Crippen LogP contribution in [-0.2, 0) is 9.53 Å². The van der Waals surface area contributed by atoms with Gasteiger partial charge >= 0.3 is 6.09 Å². The first kappa shape index (κ1) is 15.8. The minimum Gasteiger partial charge on any atom is -0.453 e. The molecule has 6 heteroatoms. The summed E-state index contributed by atoms with van der Waals surface area (Å²) >= 11 is 0. The lowest BCUT2D eigenvalue weighted by Gasteiger charge is -2.33. The van der Waals surface area contributed by atoms with E-state index in [1.807, 2.05) is 4.90 Å². The number of ether oxygens (including phenoxy) is 1. The third kappa shape index (κ3) is 5.46. The Morgan fingerprint density at radius 2 is 1.74 bits per heavy atom. The smallest absolute Gasteiger partial charge is 0.409 e. The van der Waals surface area contributed by atoms with Gasteiger partial charge in [0.05, 0.1) is 7.11 Å². The molecule has 1 fully saturated rings. The van der Waals surface area contributed by atoms with Gasteiger partial charge in [-0.3, -0.25) is 4.79 Å². The maximum Gasteiger partial charge on any atom is 0.409 e. The number of piperazine rings is 1. The molecule has 0 aromatic rings. The van der Waals surface area contributed by atoms with Crippen LogP contribution < -0.4 is 5.32 Å². The molecule has 19 heavy (non-hydrogen) atoms. The highest BCUT2D eigenvalue weighted by Gasteiger charge is 2.23. The van der Waals surface area contributed by atoms with Crippen molar-refractivity contribution in [2.75, 3.05) is 39.8 Å². The number of hydrogen-bond donors (Lipinski definition) is 1. The summed E-state index contributed by atoms with van der Waals surface area (Å²) in [5.74, 6) is 0.176. The van der Waals surface area contributed by atoms with E-state index in [2.05, 4.69) is 23.9 Å². The highest BCUT2D eigenvalue weighted by atomic mass is 16.5. The van der Waals surface area contributed by atoms with Crippen LogP contribution in [0, 0.1) is 0 Å². The number of carbonyl (C=O) groups is 2. The van der Waals surface area contributed by atoms with Gasteiger partial charge in [-0.25, -0.2) is 4.79 Å². The van der Waals surface area contributed by atoms with Crippen LogP contribution in [0.4, 0.5) is 4.79 Å². The highest BCUT2D eigenvalue weighted by molar-refractivity contribution is 5.76. The Balaban J connectivity index is 2.20. The van der Waals surface area contributed by atoms with E-state index in [4.69, 9.17) is 0 Å². The zero-order chi connectivity index (χ0) is 14.3. The van der Waals surface area contributed by atoms with Gasteiger partial charge in [-0.1, -0.05) is 13.8 Å². The summed E-state index contributed by atoms with van der Waals surface area (Å²) in [5, 5.41) is 3.29. The van der Waals surface area contributed by atoms with Gasteiger partial charge in [-0.2, -0.15) is 0 Å². The number of methoxy groups -OCH3 is 1. The number of nitrogens with one attached hydrogen (secondary N) is 1. The third-order valence-electron chi connectivity index (χ3n) is 3.19. The maximum absolute atomic E-state index is 12.0. The molecule has 0 bridgehead atoms. The standard InChI is InChI=1S/C13H25N3O3/c1-11(2)14-6-4-5-12(17)15-7-9-16(10-8-15)13(18)19-3/h11,14H,4-10H2,1-3H3. The van der Waals surface area contributed by atoms with Crippen molar-refractivity contribution >= 4 is 12.0 Å². The van der Waals surface area contributed by atoms with Crippen LogP contribution >= 0.6 is 0 Å². The van der Waals surface area contributed by atoms with E-state index < -0.39 is 0 Å². The van der Waals surface area contributed by atoms with E-state index in [0.717, 1.165) is 13.0 Å². The zero-order valence-corrected chi connectivity index (χ0v) is 12.1. The highest BCUT2D eigenvalue weighted by Crippen LogP contribution is 2.06. The minimum atomic E-state index is -0.312. The molecule has 6 nitrogen and oxygen atoms in total. The largest absolute Gasteiger partial charge is 0.453 e. The Labute approximate surface area is 115 Å². The summed E-state index contributed by atoms with van der Waals surface area (Å²) < 4.78 is 4.66. The van der Waals surface area contributed by atoms with Crippen LogP contribution in [-0.4, -0.2) is 67.7 Å². The molecule has 1 rings (SSSR count). The van der Waals surface area contributed by atoms with E-state index in [9.17, 15) is 9.59 Å². The van der Waals surface area contributed by atoms with Crippen LogP contribution in [0.15, 0.2) is 0 Å². The summed E-state index contributed by atoms with van der Waals surface area (Å²) in [6, 6.07) is 0.457. The van der Waals surface area contributed by atoms with Crippen LogP contribution in [0.5, 0.6) is 0 Å². The summed E-state index contributed by atoms with van der Waals surface area (Å²) in [6.45, 7) is 7.37. The molecule has 0 radical (unpaired) electrons. The van der Waals surface area contributed by atoms with Gasteiger partial charge in [0.15, 0.2) is 0 Å². The molecule has 1 heterocycles. The zero-order valence-electron chi connectivity index (χ0n) is 12.1. The van der Waals surface area contributed by atoms with Gasteiger partial charge < -0.3 is 19.9 Å². The first-order valence-electron chi connectivity index (χ1n) is 6.88. The van der Waals surface area contributed by atoms with Crippen LogP contribution in [0.25, 0.3) is 0 Å². The van der Waals surface area contributed by atoms with Gasteiger partial charge in [-0.15, -0.1) is 0 Å². The normalized spacial score (nSPS) is 15.8. The molecule has 1 N–H and O–H groups in total. The molecule has 0 saturated carbocycles. The predicted molar refractivity (Wildman–Crippen MR) is 72.9 cm³/mol. The molecule has 110 valence electrons. The van der Waals surface area contributed by atoms with Crippen molar-refractivity contribution in [3.8, 4) is 0 Å². The fourth-order valence-corrected chi connectivity index (χ4v) is 2.06. The molecular formula is C13H25N3O3. The van der Waals surface area contributed by atoms with Gasteiger partial charge in [0, 0.05) is 38.6 Å². The van der Waals surface area contributed by atoms with E-state index >= 15 is 0 Å². The second-order valence-corrected chi connectivity index (χ2v) is 5.05. The molecule has 1 saturated heterocycles. The van der Waals surface area contributed by atoms with E-state index in [-0.39, 0.29) is 12.0 Å². The predicted octanol–water partition coefficient (Wildman–Crippen LogP) is 0.675. The molecule has 2 amide bonds. The lowest BCUT2D eigenvalue weighted by atomic mass is 10.2. The van der Waals surface area contributed by atoms with E-state index in [1.165, 1.54) is 7.11 Å². The van der Waals surface area contributed by atoms with Crippen molar-refractivity contribution < 1.29 is 14.3 Å². The van der Waals surface area contributed by atoms with Gasteiger partial charge in [0.2, 0.25) is 5.91 Å². The molecule has 0 unspecified atom stereocenters. The topological polar surface area (TPSA) is 61.9 Å². The Bertz CT molecular complexity index is 300. The van der Waals surface area contributed by atoms with Crippen LogP contribution in [0.3, 0.4) is 0 Å². The molecule has 0 atom stereocenters. The van der Waals surface area contributed by atoms with Gasteiger partial charge in [-0.05, 0) is 13.0 Å². The number of rotatable bonds is 5. The van der Waals surface area contributed by atoms with Crippen molar-refractivity contribution in [2.24, 2.45) is 0 Å². The van der Waals surface area contributed by atoms with Crippen LogP contribution in [0.2, 0.25) is 0 Å². The van der Waals surface area contributed by atoms with Gasteiger partial charge in [0.1, 0.15) is 0 Å². The fraction of sp³-hybridized carbons (Fsp3) is 0.846. The van der Waals surface area contributed by atoms with Crippen molar-refractivity contribution in [3.05, 3.63) is 0 Å². The minimum absolute atomic E-state index is 0.176. The number of carbonyl (C=O) groups excluding carboxylic acids is 2. The quantitative estimate of drug-likeness (QED) is 0.747. The number of nitrogens with zero attached hydrogens (tertiary/aromatic N) is 2. The lowest BCUT2D eigenvalue weighted by molar-refractivity contribution is -0.132. The monoisotopic (exact) mass is 271 g/mol. The Morgan fingerprint density at radius 3 is 2.26 bits per heavy atom. The number of amides is 2. The Morgan fingerprint density at radius 1 is 1.16 bits per heavy atom. The molecule has 0 spiro atoms. The molecule has 0 aliphatic carbocycles. The van der Waals surface area contributed by atoms with Crippen LogP contribution in [0.1, 0.15) is 26.7 Å². The van der Waals surface area contributed by atoms with E-state index in [1.54, 1.807) is 4.90 Å². The average molecular weight is 271 g/mol. The third-order valence-corrected chi connectivity index (χ3v) is 3.19. The lowest BCUT2D eigenvalue weighted by Crippen LogP contribution is -2.50. The summed E-state index contributed by atoms with van der Waals surface area (Å²) in [6.07, 6.45) is 1.11. The summed E-state index contributed by atoms with van der Waals surface area (Å²) in [7, 11) is 1.38. The SMILES string of the molecule is COC(=O)N1CCN(C(=O)CCCNC(C)C)CC1. The number of hydrogen-bond acceptors (Lipinski definition) is 4. The maximum atomic E-state index is 12.0. The first-order chi connectivity index (χ1) is 9.04. The Kier molecular flexibility index (Phi) is 6.62. The van der Waals surface area contributed by atoms with Crippen molar-refractivity contribution in [3.63, 3.8) is 0 Å². The summed E-state index contributed by atoms with van der Waals surface area (Å²) in [5.41, 5.74) is 0. The molecule has 1 aliphatic rings. The average Bonchev–Trinajstić information content (AvgIpc) is 2.42. The van der Waals surface area contributed by atoms with Crippen molar-refractivity contribution in [1.29, 1.82) is 0 Å². The van der Waals surface area contributed by atoms with E-state index in [0.29, 0.717) is 38.6 Å². The second-order valence-electron chi connectivity index (χ2n) is 5.05.